The molecule has 0 amide bonds. The van der Waals surface area contributed by atoms with Gasteiger partial charge in [-0.25, -0.2) is 0 Å². The molecule has 96 valence electrons. The quantitative estimate of drug-likeness (QED) is 0.740. The highest BCUT2D eigenvalue weighted by atomic mass is 16.5. The summed E-state index contributed by atoms with van der Waals surface area (Å²) in [6, 6.07) is 0.647. The lowest BCUT2D eigenvalue weighted by molar-refractivity contribution is 0.0783. The van der Waals surface area contributed by atoms with Crippen LogP contribution in [0, 0.1) is 5.41 Å². The summed E-state index contributed by atoms with van der Waals surface area (Å²) in [6.45, 7) is 15.0. The molecule has 1 unspecified atom stereocenters. The van der Waals surface area contributed by atoms with Crippen molar-refractivity contribution in [2.24, 2.45) is 5.41 Å². The molecule has 0 aromatic rings. The fraction of sp³-hybridized carbons (Fsp3) is 1.00. The summed E-state index contributed by atoms with van der Waals surface area (Å²) >= 11 is 0. The molecule has 2 saturated heterocycles. The lowest BCUT2D eigenvalue weighted by Crippen LogP contribution is -2.43. The Labute approximate surface area is 101 Å². The van der Waals surface area contributed by atoms with E-state index in [1.807, 2.05) is 13.8 Å². The van der Waals surface area contributed by atoms with Crippen molar-refractivity contribution in [2.45, 2.75) is 40.2 Å². The Hall–Kier alpha value is -0.120. The van der Waals surface area contributed by atoms with Crippen molar-refractivity contribution in [3.8, 4) is 0 Å². The van der Waals surface area contributed by atoms with Gasteiger partial charge >= 0.3 is 0 Å². The third-order valence-corrected chi connectivity index (χ3v) is 3.53. The molecule has 2 rings (SSSR count). The summed E-state index contributed by atoms with van der Waals surface area (Å²) in [6.07, 6.45) is 1.27. The van der Waals surface area contributed by atoms with Gasteiger partial charge in [0.2, 0.25) is 0 Å². The zero-order valence-electron chi connectivity index (χ0n) is 11.4. The van der Waals surface area contributed by atoms with E-state index in [4.69, 9.17) is 4.74 Å². The molecule has 0 aromatic heterocycles. The minimum Gasteiger partial charge on any atom is -0.379 e. The molecule has 3 nitrogen and oxygen atoms in total. The van der Waals surface area contributed by atoms with Crippen LogP contribution in [0.1, 0.15) is 34.1 Å². The predicted octanol–water partition coefficient (Wildman–Crippen LogP) is 1.73. The van der Waals surface area contributed by atoms with E-state index < -0.39 is 0 Å². The molecule has 2 fully saturated rings. The molecule has 16 heavy (non-hydrogen) atoms. The van der Waals surface area contributed by atoms with Crippen molar-refractivity contribution in [2.75, 3.05) is 39.4 Å². The minimum absolute atomic E-state index is 0.404. The molecular formula is C13H28N2O. The smallest absolute Gasteiger partial charge is 0.0593 e. The summed E-state index contributed by atoms with van der Waals surface area (Å²) in [5.41, 5.74) is 0.404. The van der Waals surface area contributed by atoms with E-state index in [0.717, 1.165) is 32.8 Å². The van der Waals surface area contributed by atoms with Crippen LogP contribution in [0.4, 0.5) is 0 Å². The van der Waals surface area contributed by atoms with Crippen LogP contribution in [0.15, 0.2) is 0 Å². The number of hydrogen-bond acceptors (Lipinski definition) is 3. The number of hydrogen-bond donors (Lipinski definition) is 1. The highest BCUT2D eigenvalue weighted by Gasteiger charge is 2.37. The Balaban J connectivity index is 0.000000606. The summed E-state index contributed by atoms with van der Waals surface area (Å²) in [7, 11) is 0. The first-order valence-electron chi connectivity index (χ1n) is 6.74. The maximum Gasteiger partial charge on any atom is 0.0593 e. The standard InChI is InChI=1S/C11H22N2O.C2H6/c1-10(2)13-5-6-14-9-11(8-13)3-4-12-7-11;1-2/h10,12H,3-9H2,1-2H3;1-2H3. The average Bonchev–Trinajstić information content (AvgIpc) is 2.62. The molecule has 0 saturated carbocycles. The minimum atomic E-state index is 0.404. The molecule has 3 heteroatoms. The summed E-state index contributed by atoms with van der Waals surface area (Å²) in [4.78, 5) is 2.56. The van der Waals surface area contributed by atoms with Gasteiger partial charge in [-0.3, -0.25) is 4.90 Å². The molecule has 1 N–H and O–H groups in total. The Bertz CT molecular complexity index is 188. The zero-order valence-corrected chi connectivity index (χ0v) is 11.4. The fourth-order valence-electron chi connectivity index (χ4n) is 2.52. The van der Waals surface area contributed by atoms with Crippen LogP contribution in [0.3, 0.4) is 0 Å². The molecule has 0 aromatic carbocycles. The molecule has 2 aliphatic rings. The molecular weight excluding hydrogens is 200 g/mol. The Kier molecular flexibility index (Phi) is 5.73. The molecule has 2 heterocycles. The van der Waals surface area contributed by atoms with Crippen LogP contribution < -0.4 is 5.32 Å². The van der Waals surface area contributed by atoms with Gasteiger partial charge in [-0.1, -0.05) is 13.8 Å². The predicted molar refractivity (Wildman–Crippen MR) is 68.8 cm³/mol. The maximum absolute atomic E-state index is 5.73. The highest BCUT2D eigenvalue weighted by Crippen LogP contribution is 2.29. The van der Waals surface area contributed by atoms with Gasteiger partial charge in [0.25, 0.3) is 0 Å². The van der Waals surface area contributed by atoms with E-state index in [2.05, 4.69) is 24.1 Å². The zero-order chi connectivity index (χ0) is 12.0. The Morgan fingerprint density at radius 2 is 2.06 bits per heavy atom. The van der Waals surface area contributed by atoms with Crippen molar-refractivity contribution < 1.29 is 4.74 Å². The van der Waals surface area contributed by atoms with Crippen LogP contribution in [-0.2, 0) is 4.74 Å². The largest absolute Gasteiger partial charge is 0.379 e. The van der Waals surface area contributed by atoms with Crippen LogP contribution in [0.5, 0.6) is 0 Å². The lowest BCUT2D eigenvalue weighted by Gasteiger charge is -2.33. The third kappa shape index (κ3) is 3.44. The van der Waals surface area contributed by atoms with Crippen molar-refractivity contribution >= 4 is 0 Å². The molecule has 1 atom stereocenters. The van der Waals surface area contributed by atoms with Gasteiger partial charge < -0.3 is 10.1 Å². The van der Waals surface area contributed by atoms with Crippen LogP contribution >= 0.6 is 0 Å². The van der Waals surface area contributed by atoms with E-state index in [-0.39, 0.29) is 0 Å². The normalized spacial score (nSPS) is 31.3. The second kappa shape index (κ2) is 6.58. The van der Waals surface area contributed by atoms with Gasteiger partial charge in [0.1, 0.15) is 0 Å². The first-order chi connectivity index (χ1) is 7.72. The summed E-state index contributed by atoms with van der Waals surface area (Å²) in [5, 5.41) is 3.46. The number of rotatable bonds is 1. The van der Waals surface area contributed by atoms with E-state index in [9.17, 15) is 0 Å². The first-order valence-corrected chi connectivity index (χ1v) is 6.74. The SMILES string of the molecule is CC.CC(C)N1CCOCC2(CCNC2)C1. The third-order valence-electron chi connectivity index (χ3n) is 3.53. The number of nitrogens with one attached hydrogen (secondary N) is 1. The molecule has 1 spiro atoms. The summed E-state index contributed by atoms with van der Waals surface area (Å²) in [5.74, 6) is 0. The summed E-state index contributed by atoms with van der Waals surface area (Å²) < 4.78 is 5.73. The Morgan fingerprint density at radius 3 is 2.62 bits per heavy atom. The van der Waals surface area contributed by atoms with Gasteiger partial charge in [-0.05, 0) is 26.8 Å². The van der Waals surface area contributed by atoms with Gasteiger partial charge in [0.05, 0.1) is 13.2 Å². The van der Waals surface area contributed by atoms with E-state index in [0.29, 0.717) is 11.5 Å². The van der Waals surface area contributed by atoms with Gasteiger partial charge in [0.15, 0.2) is 0 Å². The van der Waals surface area contributed by atoms with Crippen LogP contribution in [0.2, 0.25) is 0 Å². The van der Waals surface area contributed by atoms with Crippen molar-refractivity contribution in [3.05, 3.63) is 0 Å². The van der Waals surface area contributed by atoms with Crippen molar-refractivity contribution in [3.63, 3.8) is 0 Å². The maximum atomic E-state index is 5.73. The topological polar surface area (TPSA) is 24.5 Å². The second-order valence-electron chi connectivity index (χ2n) is 5.04. The lowest BCUT2D eigenvalue weighted by atomic mass is 9.87. The average molecular weight is 228 g/mol. The van der Waals surface area contributed by atoms with E-state index >= 15 is 0 Å². The van der Waals surface area contributed by atoms with E-state index in [1.165, 1.54) is 13.0 Å². The van der Waals surface area contributed by atoms with Crippen LogP contribution in [-0.4, -0.2) is 50.3 Å². The van der Waals surface area contributed by atoms with Gasteiger partial charge in [-0.2, -0.15) is 0 Å². The van der Waals surface area contributed by atoms with Gasteiger partial charge in [0, 0.05) is 31.1 Å². The molecule has 0 bridgehead atoms. The molecule has 0 aliphatic carbocycles. The molecule has 0 radical (unpaired) electrons. The van der Waals surface area contributed by atoms with Crippen molar-refractivity contribution in [1.29, 1.82) is 0 Å². The number of ether oxygens (including phenoxy) is 1. The monoisotopic (exact) mass is 228 g/mol. The van der Waals surface area contributed by atoms with E-state index in [1.54, 1.807) is 0 Å². The van der Waals surface area contributed by atoms with Gasteiger partial charge in [-0.15, -0.1) is 0 Å². The second-order valence-corrected chi connectivity index (χ2v) is 5.04. The molecule has 2 aliphatic heterocycles. The van der Waals surface area contributed by atoms with Crippen LogP contribution in [0.25, 0.3) is 0 Å². The Morgan fingerprint density at radius 1 is 1.31 bits per heavy atom. The number of nitrogens with zero attached hydrogens (tertiary/aromatic N) is 1. The fourth-order valence-corrected chi connectivity index (χ4v) is 2.52. The first kappa shape index (κ1) is 13.9. The highest BCUT2D eigenvalue weighted by molar-refractivity contribution is 4.92. The van der Waals surface area contributed by atoms with Crippen molar-refractivity contribution in [1.82, 2.24) is 10.2 Å².